The average molecular weight is 297 g/mol. The molecule has 0 aliphatic carbocycles. The van der Waals surface area contributed by atoms with E-state index in [1.165, 1.54) is 0 Å². The highest BCUT2D eigenvalue weighted by Crippen LogP contribution is 2.29. The largest absolute Gasteiger partial charge is 0.379 e. The van der Waals surface area contributed by atoms with Crippen LogP contribution in [-0.4, -0.2) is 16.4 Å². The zero-order chi connectivity index (χ0) is 13.9. The van der Waals surface area contributed by atoms with Crippen LogP contribution in [0.4, 0.5) is 5.69 Å². The highest BCUT2D eigenvalue weighted by atomic mass is 35.5. The smallest absolute Gasteiger partial charge is 0.0737 e. The van der Waals surface area contributed by atoms with Crippen LogP contribution in [-0.2, 0) is 0 Å². The van der Waals surface area contributed by atoms with Gasteiger partial charge < -0.3 is 5.32 Å². The predicted octanol–water partition coefficient (Wildman–Crippen LogP) is 5.10. The third-order valence-corrected chi connectivity index (χ3v) is 3.99. The van der Waals surface area contributed by atoms with E-state index in [0.29, 0.717) is 10.9 Å². The van der Waals surface area contributed by atoms with Crippen LogP contribution in [0.5, 0.6) is 0 Å². The number of nitrogens with one attached hydrogen (secondary N) is 1. The monoisotopic (exact) mass is 296 g/mol. The Morgan fingerprint density at radius 1 is 1.32 bits per heavy atom. The third-order valence-electron chi connectivity index (χ3n) is 3.57. The maximum atomic E-state index is 6.00. The quantitative estimate of drug-likeness (QED) is 0.777. The van der Waals surface area contributed by atoms with Gasteiger partial charge in [0, 0.05) is 33.7 Å². The van der Waals surface area contributed by atoms with Crippen molar-refractivity contribution >= 4 is 39.8 Å². The van der Waals surface area contributed by atoms with Crippen LogP contribution in [0.2, 0.25) is 5.02 Å². The molecule has 0 aliphatic heterocycles. The van der Waals surface area contributed by atoms with E-state index in [4.69, 9.17) is 23.2 Å². The number of alkyl halides is 1. The summed E-state index contributed by atoms with van der Waals surface area (Å²) in [5, 5.41) is 5.39. The Morgan fingerprint density at radius 3 is 2.79 bits per heavy atom. The Kier molecular flexibility index (Phi) is 4.54. The van der Waals surface area contributed by atoms with E-state index in [2.05, 4.69) is 24.1 Å². The highest BCUT2D eigenvalue weighted by molar-refractivity contribution is 6.31. The molecule has 0 saturated heterocycles. The van der Waals surface area contributed by atoms with Crippen LogP contribution in [0.15, 0.2) is 30.5 Å². The van der Waals surface area contributed by atoms with Gasteiger partial charge in [-0.25, -0.2) is 0 Å². The molecule has 1 heterocycles. The summed E-state index contributed by atoms with van der Waals surface area (Å²) in [5.74, 6) is 0.645. The molecule has 1 aromatic carbocycles. The number of anilines is 1. The molecular weight excluding hydrogens is 279 g/mol. The Hall–Kier alpha value is -0.990. The first kappa shape index (κ1) is 14.4. The summed E-state index contributed by atoms with van der Waals surface area (Å²) < 4.78 is 0. The lowest BCUT2D eigenvalue weighted by Gasteiger charge is -2.30. The van der Waals surface area contributed by atoms with E-state index in [-0.39, 0.29) is 5.54 Å². The van der Waals surface area contributed by atoms with Gasteiger partial charge in [-0.3, -0.25) is 4.98 Å². The molecule has 102 valence electrons. The van der Waals surface area contributed by atoms with Crippen molar-refractivity contribution in [3.8, 4) is 0 Å². The topological polar surface area (TPSA) is 24.9 Å². The standard InChI is InChI=1S/C15H18Cl2N2/c1-3-15(2,7-8-16)19-13-6-9-18-14-10-11(17)4-5-12(13)14/h4-6,9-10H,3,7-8H2,1-2H3,(H,18,19). The minimum atomic E-state index is -0.00430. The van der Waals surface area contributed by atoms with E-state index < -0.39 is 0 Å². The van der Waals surface area contributed by atoms with Crippen LogP contribution in [0.1, 0.15) is 26.7 Å². The lowest BCUT2D eigenvalue weighted by molar-refractivity contribution is 0.481. The van der Waals surface area contributed by atoms with Crippen molar-refractivity contribution in [2.75, 3.05) is 11.2 Å². The van der Waals surface area contributed by atoms with Crippen molar-refractivity contribution < 1.29 is 0 Å². The molecule has 0 aliphatic rings. The van der Waals surface area contributed by atoms with Gasteiger partial charge in [0.1, 0.15) is 0 Å². The highest BCUT2D eigenvalue weighted by Gasteiger charge is 2.21. The van der Waals surface area contributed by atoms with E-state index in [1.54, 1.807) is 6.20 Å². The van der Waals surface area contributed by atoms with Crippen LogP contribution < -0.4 is 5.32 Å². The van der Waals surface area contributed by atoms with Gasteiger partial charge in [0.05, 0.1) is 5.52 Å². The Balaban J connectivity index is 2.40. The lowest BCUT2D eigenvalue weighted by atomic mass is 9.94. The van der Waals surface area contributed by atoms with Gasteiger partial charge in [0.25, 0.3) is 0 Å². The van der Waals surface area contributed by atoms with Crippen molar-refractivity contribution in [3.63, 3.8) is 0 Å². The molecule has 1 unspecified atom stereocenters. The van der Waals surface area contributed by atoms with Crippen molar-refractivity contribution in [3.05, 3.63) is 35.5 Å². The number of benzene rings is 1. The molecule has 0 spiro atoms. The molecule has 0 amide bonds. The third kappa shape index (κ3) is 3.31. The second kappa shape index (κ2) is 5.98. The second-order valence-corrected chi connectivity index (χ2v) is 5.81. The van der Waals surface area contributed by atoms with Crippen LogP contribution in [0, 0.1) is 0 Å². The number of nitrogens with zero attached hydrogens (tertiary/aromatic N) is 1. The normalized spacial score (nSPS) is 14.3. The minimum Gasteiger partial charge on any atom is -0.379 e. The van der Waals surface area contributed by atoms with Crippen LogP contribution in [0.25, 0.3) is 10.9 Å². The molecule has 19 heavy (non-hydrogen) atoms. The summed E-state index contributed by atoms with van der Waals surface area (Å²) in [6.07, 6.45) is 3.73. The maximum Gasteiger partial charge on any atom is 0.0737 e. The number of fused-ring (bicyclic) bond motifs is 1. The molecule has 0 radical (unpaired) electrons. The van der Waals surface area contributed by atoms with E-state index >= 15 is 0 Å². The zero-order valence-electron chi connectivity index (χ0n) is 11.2. The summed E-state index contributed by atoms with van der Waals surface area (Å²) in [6, 6.07) is 7.77. The minimum absolute atomic E-state index is 0.00430. The van der Waals surface area contributed by atoms with Gasteiger partial charge in [-0.15, -0.1) is 11.6 Å². The Labute approximate surface area is 124 Å². The summed E-state index contributed by atoms with van der Waals surface area (Å²) in [6.45, 7) is 4.36. The average Bonchev–Trinajstić information content (AvgIpc) is 2.39. The number of hydrogen-bond donors (Lipinski definition) is 1. The summed E-state index contributed by atoms with van der Waals surface area (Å²) in [7, 11) is 0. The molecule has 1 N–H and O–H groups in total. The van der Waals surface area contributed by atoms with Crippen molar-refractivity contribution in [1.82, 2.24) is 4.98 Å². The van der Waals surface area contributed by atoms with Gasteiger partial charge in [-0.1, -0.05) is 18.5 Å². The molecule has 1 atom stereocenters. The molecule has 0 saturated carbocycles. The molecule has 2 aromatic rings. The van der Waals surface area contributed by atoms with Crippen LogP contribution >= 0.6 is 23.2 Å². The predicted molar refractivity (Wildman–Crippen MR) is 84.4 cm³/mol. The molecule has 2 nitrogen and oxygen atoms in total. The first-order valence-electron chi connectivity index (χ1n) is 6.46. The lowest BCUT2D eigenvalue weighted by Crippen LogP contribution is -2.34. The molecule has 0 fully saturated rings. The first-order chi connectivity index (χ1) is 9.08. The molecule has 4 heteroatoms. The number of aromatic nitrogens is 1. The fourth-order valence-electron chi connectivity index (χ4n) is 2.09. The van der Waals surface area contributed by atoms with Crippen molar-refractivity contribution in [1.29, 1.82) is 0 Å². The fraction of sp³-hybridized carbons (Fsp3) is 0.400. The summed E-state index contributed by atoms with van der Waals surface area (Å²) in [4.78, 5) is 4.35. The van der Waals surface area contributed by atoms with Crippen molar-refractivity contribution in [2.45, 2.75) is 32.2 Å². The number of hydrogen-bond acceptors (Lipinski definition) is 2. The molecular formula is C15H18Cl2N2. The second-order valence-electron chi connectivity index (χ2n) is 5.00. The van der Waals surface area contributed by atoms with Gasteiger partial charge in [0.2, 0.25) is 0 Å². The van der Waals surface area contributed by atoms with E-state index in [1.807, 2.05) is 24.3 Å². The van der Waals surface area contributed by atoms with Crippen LogP contribution in [0.3, 0.4) is 0 Å². The summed E-state index contributed by atoms with van der Waals surface area (Å²) in [5.41, 5.74) is 1.98. The number of halogens is 2. The fourth-order valence-corrected chi connectivity index (χ4v) is 2.68. The number of rotatable bonds is 5. The maximum absolute atomic E-state index is 6.00. The Bertz CT molecular complexity index is 571. The van der Waals surface area contributed by atoms with Gasteiger partial charge in [-0.2, -0.15) is 0 Å². The van der Waals surface area contributed by atoms with Gasteiger partial charge >= 0.3 is 0 Å². The molecule has 1 aromatic heterocycles. The van der Waals surface area contributed by atoms with E-state index in [9.17, 15) is 0 Å². The van der Waals surface area contributed by atoms with Crippen molar-refractivity contribution in [2.24, 2.45) is 0 Å². The number of pyridine rings is 1. The molecule has 0 bridgehead atoms. The first-order valence-corrected chi connectivity index (χ1v) is 7.37. The Morgan fingerprint density at radius 2 is 2.11 bits per heavy atom. The van der Waals surface area contributed by atoms with Gasteiger partial charge in [-0.05, 0) is 44.0 Å². The molecule has 2 rings (SSSR count). The zero-order valence-corrected chi connectivity index (χ0v) is 12.7. The van der Waals surface area contributed by atoms with Gasteiger partial charge in [0.15, 0.2) is 0 Å². The van der Waals surface area contributed by atoms with E-state index in [0.717, 1.165) is 29.4 Å². The SMILES string of the molecule is CCC(C)(CCCl)Nc1ccnc2cc(Cl)ccc12. The summed E-state index contributed by atoms with van der Waals surface area (Å²) >= 11 is 11.9.